The molecule has 3 heterocycles. The number of piperazine rings is 1. The number of benzene rings is 1. The highest BCUT2D eigenvalue weighted by molar-refractivity contribution is 5.98. The number of rotatable bonds is 5. The van der Waals surface area contributed by atoms with Gasteiger partial charge in [0.25, 0.3) is 5.91 Å². The molecule has 0 bridgehead atoms. The lowest BCUT2D eigenvalue weighted by atomic mass is 10.2. The summed E-state index contributed by atoms with van der Waals surface area (Å²) in [5.74, 6) is 0.709. The summed E-state index contributed by atoms with van der Waals surface area (Å²) in [6.07, 6.45) is 3.97. The van der Waals surface area contributed by atoms with Crippen molar-refractivity contribution >= 4 is 17.5 Å². The molecule has 1 N–H and O–H groups in total. The van der Waals surface area contributed by atoms with Crippen LogP contribution in [0.5, 0.6) is 5.75 Å². The second-order valence-corrected chi connectivity index (χ2v) is 7.21. The molecule has 1 saturated heterocycles. The van der Waals surface area contributed by atoms with Crippen LogP contribution in [0.2, 0.25) is 0 Å². The first-order valence-corrected chi connectivity index (χ1v) is 9.73. The maximum absolute atomic E-state index is 12.7. The molecule has 0 spiro atoms. The lowest BCUT2D eigenvalue weighted by molar-refractivity contribution is -0.917. The molecule has 0 unspecified atom stereocenters. The minimum atomic E-state index is -0.0990. The van der Waals surface area contributed by atoms with E-state index < -0.39 is 0 Å². The van der Waals surface area contributed by atoms with Crippen molar-refractivity contribution in [3.05, 3.63) is 54.4 Å². The van der Waals surface area contributed by atoms with E-state index in [2.05, 4.69) is 4.98 Å². The third kappa shape index (κ3) is 4.14. The molecular weight excluding hydrogens is 356 g/mol. The zero-order valence-corrected chi connectivity index (χ0v) is 15.8. The van der Waals surface area contributed by atoms with E-state index in [9.17, 15) is 9.59 Å². The van der Waals surface area contributed by atoms with Crippen LogP contribution in [0.15, 0.2) is 48.8 Å². The number of carbonyl (C=O) groups excluding carboxylic acids is 2. The summed E-state index contributed by atoms with van der Waals surface area (Å²) in [4.78, 5) is 34.0. The van der Waals surface area contributed by atoms with E-state index >= 15 is 0 Å². The van der Waals surface area contributed by atoms with Gasteiger partial charge < -0.3 is 19.4 Å². The van der Waals surface area contributed by atoms with Crippen LogP contribution >= 0.6 is 0 Å². The van der Waals surface area contributed by atoms with Crippen molar-refractivity contribution in [1.29, 1.82) is 0 Å². The van der Waals surface area contributed by atoms with Gasteiger partial charge in [-0.1, -0.05) is 12.1 Å². The van der Waals surface area contributed by atoms with E-state index in [1.165, 1.54) is 10.5 Å². The summed E-state index contributed by atoms with van der Waals surface area (Å²) in [6.45, 7) is 4.77. The van der Waals surface area contributed by atoms with E-state index in [-0.39, 0.29) is 18.4 Å². The number of para-hydroxylation sites is 2. The third-order valence-electron chi connectivity index (χ3n) is 5.38. The number of nitrogens with zero attached hydrogens (tertiary/aromatic N) is 3. The second kappa shape index (κ2) is 8.39. The van der Waals surface area contributed by atoms with Gasteiger partial charge in [0, 0.05) is 30.9 Å². The number of nitrogens with one attached hydrogen (secondary N) is 1. The van der Waals surface area contributed by atoms with Crippen LogP contribution in [0.1, 0.15) is 12.0 Å². The number of pyridine rings is 1. The van der Waals surface area contributed by atoms with Crippen molar-refractivity contribution < 1.29 is 19.2 Å². The van der Waals surface area contributed by atoms with Gasteiger partial charge in [0.15, 0.2) is 6.61 Å². The Bertz CT molecular complexity index is 835. The predicted molar refractivity (Wildman–Crippen MR) is 104 cm³/mol. The average Bonchev–Trinajstić information content (AvgIpc) is 2.74. The number of aromatic nitrogens is 1. The van der Waals surface area contributed by atoms with Gasteiger partial charge in [0.05, 0.1) is 31.9 Å². The van der Waals surface area contributed by atoms with E-state index in [1.807, 2.05) is 53.7 Å². The first-order valence-electron chi connectivity index (χ1n) is 9.73. The van der Waals surface area contributed by atoms with Crippen molar-refractivity contribution in [1.82, 2.24) is 9.88 Å². The van der Waals surface area contributed by atoms with E-state index in [1.54, 1.807) is 4.90 Å². The van der Waals surface area contributed by atoms with Crippen LogP contribution in [0.25, 0.3) is 0 Å². The molecule has 1 aromatic heterocycles. The fourth-order valence-corrected chi connectivity index (χ4v) is 3.80. The van der Waals surface area contributed by atoms with Gasteiger partial charge in [-0.15, -0.1) is 0 Å². The molecule has 0 saturated carbocycles. The Hall–Kier alpha value is -2.93. The van der Waals surface area contributed by atoms with Gasteiger partial charge in [-0.25, -0.2) is 0 Å². The molecular formula is C21H25N4O3+. The van der Waals surface area contributed by atoms with Crippen LogP contribution < -0.4 is 14.5 Å². The van der Waals surface area contributed by atoms with Crippen LogP contribution in [0, 0.1) is 0 Å². The van der Waals surface area contributed by atoms with Gasteiger partial charge in [0.2, 0.25) is 5.91 Å². The minimum absolute atomic E-state index is 0.0300. The summed E-state index contributed by atoms with van der Waals surface area (Å²) in [5.41, 5.74) is 2.02. The first-order chi connectivity index (χ1) is 13.7. The van der Waals surface area contributed by atoms with Crippen LogP contribution in [0.3, 0.4) is 0 Å². The Balaban J connectivity index is 1.28. The maximum atomic E-state index is 12.7. The topological polar surface area (TPSA) is 67.2 Å². The first kappa shape index (κ1) is 18.4. The van der Waals surface area contributed by atoms with Crippen LogP contribution in [-0.4, -0.2) is 61.0 Å². The molecule has 7 nitrogen and oxygen atoms in total. The number of quaternary nitrogens is 1. The number of carbonyl (C=O) groups is 2. The number of anilines is 1. The van der Waals surface area contributed by atoms with Gasteiger partial charge in [-0.2, -0.15) is 0 Å². The molecule has 2 amide bonds. The lowest BCUT2D eigenvalue weighted by Gasteiger charge is -2.33. The molecule has 7 heteroatoms. The number of hydrogen-bond acceptors (Lipinski definition) is 4. The molecule has 2 aliphatic heterocycles. The Labute approximate surface area is 164 Å². The number of amides is 2. The van der Waals surface area contributed by atoms with Gasteiger partial charge >= 0.3 is 0 Å². The molecule has 0 radical (unpaired) electrons. The molecule has 0 atom stereocenters. The second-order valence-electron chi connectivity index (χ2n) is 7.21. The molecule has 4 rings (SSSR count). The zero-order valence-electron chi connectivity index (χ0n) is 15.8. The van der Waals surface area contributed by atoms with Gasteiger partial charge in [0.1, 0.15) is 12.3 Å². The molecule has 0 aliphatic carbocycles. The Morgan fingerprint density at radius 3 is 2.64 bits per heavy atom. The molecule has 2 aliphatic rings. The summed E-state index contributed by atoms with van der Waals surface area (Å²) in [5, 5.41) is 0. The number of fused-ring (bicyclic) bond motifs is 1. The van der Waals surface area contributed by atoms with Crippen LogP contribution in [-0.2, 0) is 16.1 Å². The highest BCUT2D eigenvalue weighted by Crippen LogP contribution is 2.31. The molecule has 1 fully saturated rings. The van der Waals surface area contributed by atoms with Crippen molar-refractivity contribution in [2.24, 2.45) is 0 Å². The Morgan fingerprint density at radius 1 is 1.11 bits per heavy atom. The summed E-state index contributed by atoms with van der Waals surface area (Å²) in [6, 6.07) is 11.6. The lowest BCUT2D eigenvalue weighted by Crippen LogP contribution is -3.13. The molecule has 146 valence electrons. The Kier molecular flexibility index (Phi) is 5.53. The Morgan fingerprint density at radius 2 is 1.86 bits per heavy atom. The summed E-state index contributed by atoms with van der Waals surface area (Å²) < 4.78 is 5.46. The van der Waals surface area contributed by atoms with Crippen molar-refractivity contribution in [3.8, 4) is 5.75 Å². The third-order valence-corrected chi connectivity index (χ3v) is 5.38. The fourth-order valence-electron chi connectivity index (χ4n) is 3.80. The van der Waals surface area contributed by atoms with Gasteiger partial charge in [-0.3, -0.25) is 14.6 Å². The monoisotopic (exact) mass is 381 g/mol. The average molecular weight is 381 g/mol. The van der Waals surface area contributed by atoms with E-state index in [0.29, 0.717) is 18.7 Å². The van der Waals surface area contributed by atoms with Crippen molar-refractivity contribution in [2.75, 3.05) is 44.2 Å². The molecule has 1 aromatic carbocycles. The van der Waals surface area contributed by atoms with Crippen LogP contribution in [0.4, 0.5) is 5.69 Å². The SMILES string of the molecule is O=C(CCN1C(=O)COc2ccccc21)N1CC[NH+](Cc2ccncc2)CC1. The highest BCUT2D eigenvalue weighted by Gasteiger charge is 2.28. The zero-order chi connectivity index (χ0) is 19.3. The number of hydrogen-bond donors (Lipinski definition) is 1. The van der Waals surface area contributed by atoms with E-state index in [0.717, 1.165) is 38.4 Å². The van der Waals surface area contributed by atoms with Gasteiger partial charge in [-0.05, 0) is 24.3 Å². The summed E-state index contributed by atoms with van der Waals surface area (Å²) >= 11 is 0. The van der Waals surface area contributed by atoms with E-state index in [4.69, 9.17) is 4.74 Å². The fraction of sp³-hybridized carbons (Fsp3) is 0.381. The van der Waals surface area contributed by atoms with Crippen molar-refractivity contribution in [3.63, 3.8) is 0 Å². The molecule has 2 aromatic rings. The normalized spacial score (nSPS) is 17.2. The minimum Gasteiger partial charge on any atom is -0.482 e. The summed E-state index contributed by atoms with van der Waals surface area (Å²) in [7, 11) is 0. The quantitative estimate of drug-likeness (QED) is 0.799. The standard InChI is InChI=1S/C21H24N4O3/c26-20(7-10-25-18-3-1-2-4-19(18)28-16-21(25)27)24-13-11-23(12-14-24)15-17-5-8-22-9-6-17/h1-6,8-9H,7,10-16H2/p+1. The largest absolute Gasteiger partial charge is 0.482 e. The highest BCUT2D eigenvalue weighted by atomic mass is 16.5. The number of ether oxygens (including phenoxy) is 1. The molecule has 28 heavy (non-hydrogen) atoms. The maximum Gasteiger partial charge on any atom is 0.265 e. The smallest absolute Gasteiger partial charge is 0.265 e. The predicted octanol–water partition coefficient (Wildman–Crippen LogP) is 0.124. The van der Waals surface area contributed by atoms with Crippen molar-refractivity contribution in [2.45, 2.75) is 13.0 Å².